The summed E-state index contributed by atoms with van der Waals surface area (Å²) >= 11 is 0. The second kappa shape index (κ2) is 12.2. The first-order valence-corrected chi connectivity index (χ1v) is 12.8. The number of halogens is 3. The SMILES string of the molecule is CC(C)N1C(=O)[C@H](NC(=O)[C@@H](Cc2ccccc2OC(F)(F)F)NC(=O)c2ccccn2)CCc2ccccc21. The number of aromatic nitrogens is 1. The van der Waals surface area contributed by atoms with E-state index in [4.69, 9.17) is 0 Å². The van der Waals surface area contributed by atoms with Gasteiger partial charge < -0.3 is 20.3 Å². The number of nitrogens with zero attached hydrogens (tertiary/aromatic N) is 2. The normalized spacial score (nSPS) is 16.1. The minimum absolute atomic E-state index is 0.0205. The van der Waals surface area contributed by atoms with E-state index in [0.29, 0.717) is 12.8 Å². The van der Waals surface area contributed by atoms with Crippen molar-refractivity contribution in [2.45, 2.75) is 57.6 Å². The molecule has 2 aromatic carbocycles. The number of ether oxygens (including phenoxy) is 1. The summed E-state index contributed by atoms with van der Waals surface area (Å²) in [6.45, 7) is 3.73. The number of carbonyl (C=O) groups is 3. The summed E-state index contributed by atoms with van der Waals surface area (Å²) in [4.78, 5) is 45.7. The van der Waals surface area contributed by atoms with Gasteiger partial charge in [0.1, 0.15) is 23.5 Å². The second-order valence-corrected chi connectivity index (χ2v) is 9.63. The van der Waals surface area contributed by atoms with Crippen LogP contribution in [0, 0.1) is 0 Å². The monoisotopic (exact) mass is 554 g/mol. The van der Waals surface area contributed by atoms with E-state index in [-0.39, 0.29) is 29.6 Å². The van der Waals surface area contributed by atoms with Gasteiger partial charge in [0.2, 0.25) is 11.8 Å². The van der Waals surface area contributed by atoms with Gasteiger partial charge in [-0.15, -0.1) is 13.2 Å². The number of amides is 3. The fourth-order valence-corrected chi connectivity index (χ4v) is 4.66. The molecule has 2 atom stereocenters. The first-order chi connectivity index (χ1) is 19.0. The molecule has 1 aliphatic heterocycles. The number of para-hydroxylation sites is 2. The Morgan fingerprint density at radius 1 is 1.05 bits per heavy atom. The van der Waals surface area contributed by atoms with Crippen LogP contribution in [0.4, 0.5) is 18.9 Å². The maximum Gasteiger partial charge on any atom is 0.573 e. The number of benzene rings is 2. The molecule has 1 aromatic heterocycles. The van der Waals surface area contributed by atoms with Crippen molar-refractivity contribution in [2.75, 3.05) is 4.90 Å². The average molecular weight is 555 g/mol. The van der Waals surface area contributed by atoms with Crippen molar-refractivity contribution in [2.24, 2.45) is 0 Å². The van der Waals surface area contributed by atoms with E-state index in [0.717, 1.165) is 17.3 Å². The third-order valence-electron chi connectivity index (χ3n) is 6.46. The van der Waals surface area contributed by atoms with Gasteiger partial charge >= 0.3 is 6.36 Å². The van der Waals surface area contributed by atoms with E-state index in [1.807, 2.05) is 38.1 Å². The van der Waals surface area contributed by atoms with Crippen LogP contribution in [0.3, 0.4) is 0 Å². The molecule has 0 fully saturated rings. The molecular formula is C29H29F3N4O4. The van der Waals surface area contributed by atoms with E-state index >= 15 is 0 Å². The molecule has 0 radical (unpaired) electrons. The molecule has 40 heavy (non-hydrogen) atoms. The highest BCUT2D eigenvalue weighted by atomic mass is 19.4. The molecule has 0 unspecified atom stereocenters. The molecule has 0 spiro atoms. The Bertz CT molecular complexity index is 1360. The number of anilines is 1. The largest absolute Gasteiger partial charge is 0.573 e. The zero-order valence-corrected chi connectivity index (χ0v) is 21.9. The Hall–Kier alpha value is -4.41. The molecule has 210 valence electrons. The first-order valence-electron chi connectivity index (χ1n) is 12.8. The van der Waals surface area contributed by atoms with Gasteiger partial charge in [-0.25, -0.2) is 0 Å². The van der Waals surface area contributed by atoms with Crippen LogP contribution in [0.2, 0.25) is 0 Å². The number of hydrogen-bond acceptors (Lipinski definition) is 5. The van der Waals surface area contributed by atoms with Gasteiger partial charge in [0.25, 0.3) is 5.91 Å². The fraction of sp³-hybridized carbons (Fsp3) is 0.310. The molecule has 0 saturated carbocycles. The van der Waals surface area contributed by atoms with Crippen LogP contribution in [0.5, 0.6) is 5.75 Å². The standard InChI is InChI=1S/C29H29F3N4O4/c1-18(2)36-24-12-5-3-9-19(24)14-15-22(28(36)39)34-27(38)23(35-26(37)21-11-7-8-16-33-21)17-20-10-4-6-13-25(20)40-29(30,31)32/h3-13,16,18,22-23H,14-15,17H2,1-2H3,(H,34,38)(H,35,37)/t22-,23-/m1/s1. The first kappa shape index (κ1) is 28.6. The molecule has 1 aliphatic rings. The lowest BCUT2D eigenvalue weighted by Crippen LogP contribution is -2.55. The summed E-state index contributed by atoms with van der Waals surface area (Å²) in [6.07, 6.45) is -3.06. The van der Waals surface area contributed by atoms with Gasteiger partial charge in [0.05, 0.1) is 0 Å². The predicted molar refractivity (Wildman–Crippen MR) is 142 cm³/mol. The van der Waals surface area contributed by atoms with Crippen LogP contribution < -0.4 is 20.3 Å². The van der Waals surface area contributed by atoms with Gasteiger partial charge in [-0.1, -0.05) is 42.5 Å². The number of nitrogens with one attached hydrogen (secondary N) is 2. The van der Waals surface area contributed by atoms with Crippen molar-refractivity contribution in [1.29, 1.82) is 0 Å². The van der Waals surface area contributed by atoms with Crippen molar-refractivity contribution < 1.29 is 32.3 Å². The van der Waals surface area contributed by atoms with E-state index in [1.54, 1.807) is 17.0 Å². The van der Waals surface area contributed by atoms with Crippen LogP contribution in [0.25, 0.3) is 0 Å². The highest BCUT2D eigenvalue weighted by molar-refractivity contribution is 6.02. The summed E-state index contributed by atoms with van der Waals surface area (Å²) in [5, 5.41) is 5.31. The Balaban J connectivity index is 1.61. The lowest BCUT2D eigenvalue weighted by molar-refractivity contribution is -0.274. The maximum absolute atomic E-state index is 13.6. The minimum atomic E-state index is -4.95. The Morgan fingerprint density at radius 2 is 1.75 bits per heavy atom. The molecular weight excluding hydrogens is 525 g/mol. The topological polar surface area (TPSA) is 101 Å². The average Bonchev–Trinajstić information content (AvgIpc) is 3.05. The molecule has 8 nitrogen and oxygen atoms in total. The number of fused-ring (bicyclic) bond motifs is 1. The van der Waals surface area contributed by atoms with Crippen molar-refractivity contribution in [1.82, 2.24) is 15.6 Å². The van der Waals surface area contributed by atoms with Crippen LogP contribution >= 0.6 is 0 Å². The van der Waals surface area contributed by atoms with Gasteiger partial charge in [-0.05, 0) is 62.1 Å². The maximum atomic E-state index is 13.6. The number of hydrogen-bond donors (Lipinski definition) is 2. The zero-order valence-electron chi connectivity index (χ0n) is 21.9. The molecule has 0 bridgehead atoms. The van der Waals surface area contributed by atoms with Crippen molar-refractivity contribution in [3.8, 4) is 5.75 Å². The Kier molecular flexibility index (Phi) is 8.71. The molecule has 4 rings (SSSR count). The van der Waals surface area contributed by atoms with Crippen molar-refractivity contribution >= 4 is 23.4 Å². The fourth-order valence-electron chi connectivity index (χ4n) is 4.66. The van der Waals surface area contributed by atoms with Gasteiger partial charge in [-0.3, -0.25) is 19.4 Å². The predicted octanol–water partition coefficient (Wildman–Crippen LogP) is 4.19. The van der Waals surface area contributed by atoms with Crippen LogP contribution in [0.1, 0.15) is 41.9 Å². The summed E-state index contributed by atoms with van der Waals surface area (Å²) in [6, 6.07) is 15.1. The number of carbonyl (C=O) groups excluding carboxylic acids is 3. The third kappa shape index (κ3) is 6.96. The summed E-state index contributed by atoms with van der Waals surface area (Å²) in [7, 11) is 0. The van der Waals surface area contributed by atoms with Gasteiger partial charge in [0, 0.05) is 24.3 Å². The Labute approximate surface area is 229 Å². The summed E-state index contributed by atoms with van der Waals surface area (Å²) in [5.74, 6) is -2.23. The lowest BCUT2D eigenvalue weighted by Gasteiger charge is -2.30. The van der Waals surface area contributed by atoms with E-state index in [1.165, 1.54) is 30.5 Å². The number of pyridine rings is 1. The van der Waals surface area contributed by atoms with E-state index in [9.17, 15) is 27.6 Å². The third-order valence-corrected chi connectivity index (χ3v) is 6.46. The molecule has 3 amide bonds. The quantitative estimate of drug-likeness (QED) is 0.435. The second-order valence-electron chi connectivity index (χ2n) is 9.63. The number of rotatable bonds is 8. The molecule has 2 heterocycles. The molecule has 11 heteroatoms. The smallest absolute Gasteiger partial charge is 0.406 e. The van der Waals surface area contributed by atoms with Gasteiger partial charge in [0.15, 0.2) is 0 Å². The number of aryl methyl sites for hydroxylation is 1. The van der Waals surface area contributed by atoms with Crippen molar-refractivity contribution in [3.05, 3.63) is 89.7 Å². The van der Waals surface area contributed by atoms with Crippen LogP contribution in [0.15, 0.2) is 72.9 Å². The summed E-state index contributed by atoms with van der Waals surface area (Å²) in [5.41, 5.74) is 1.79. The van der Waals surface area contributed by atoms with E-state index < -0.39 is 36.0 Å². The molecule has 3 aromatic rings. The zero-order chi connectivity index (χ0) is 28.9. The molecule has 2 N–H and O–H groups in total. The van der Waals surface area contributed by atoms with Crippen LogP contribution in [-0.2, 0) is 22.4 Å². The minimum Gasteiger partial charge on any atom is -0.406 e. The number of alkyl halides is 3. The highest BCUT2D eigenvalue weighted by Crippen LogP contribution is 2.30. The van der Waals surface area contributed by atoms with Crippen molar-refractivity contribution in [3.63, 3.8) is 0 Å². The van der Waals surface area contributed by atoms with Gasteiger partial charge in [-0.2, -0.15) is 0 Å². The summed E-state index contributed by atoms with van der Waals surface area (Å²) < 4.78 is 43.2. The molecule has 0 aliphatic carbocycles. The Morgan fingerprint density at radius 3 is 2.45 bits per heavy atom. The lowest BCUT2D eigenvalue weighted by atomic mass is 10.0. The van der Waals surface area contributed by atoms with E-state index in [2.05, 4.69) is 20.4 Å². The molecule has 0 saturated heterocycles. The highest BCUT2D eigenvalue weighted by Gasteiger charge is 2.36. The van der Waals surface area contributed by atoms with Crippen LogP contribution in [-0.4, -0.2) is 47.2 Å².